The molecule has 19 heavy (non-hydrogen) atoms. The van der Waals surface area contributed by atoms with Crippen LogP contribution in [0.15, 0.2) is 0 Å². The fourth-order valence-corrected chi connectivity index (χ4v) is 2.47. The van der Waals surface area contributed by atoms with Crippen LogP contribution in [0.1, 0.15) is 25.7 Å². The van der Waals surface area contributed by atoms with Crippen LogP contribution in [-0.4, -0.2) is 66.9 Å². The molecule has 0 bridgehead atoms. The summed E-state index contributed by atoms with van der Waals surface area (Å²) < 4.78 is 0. The highest BCUT2D eigenvalue weighted by molar-refractivity contribution is 5.85. The first-order chi connectivity index (χ1) is 9.10. The van der Waals surface area contributed by atoms with Gasteiger partial charge in [-0.1, -0.05) is 0 Å². The molecule has 2 fully saturated rings. The smallest absolute Gasteiger partial charge is 0.239 e. The van der Waals surface area contributed by atoms with Gasteiger partial charge in [0.05, 0.1) is 13.1 Å². The quantitative estimate of drug-likeness (QED) is 0.657. The Morgan fingerprint density at radius 2 is 2.11 bits per heavy atom. The van der Waals surface area contributed by atoms with Gasteiger partial charge in [-0.05, 0) is 32.2 Å². The van der Waals surface area contributed by atoms with E-state index >= 15 is 0 Å². The van der Waals surface area contributed by atoms with E-state index in [9.17, 15) is 9.59 Å². The third kappa shape index (κ3) is 4.18. The van der Waals surface area contributed by atoms with Crippen molar-refractivity contribution in [2.24, 2.45) is 5.73 Å². The zero-order chi connectivity index (χ0) is 13.8. The second kappa shape index (κ2) is 6.34. The van der Waals surface area contributed by atoms with E-state index in [4.69, 9.17) is 5.73 Å². The summed E-state index contributed by atoms with van der Waals surface area (Å²) in [5, 5.41) is 2.89. The maximum absolute atomic E-state index is 12.1. The van der Waals surface area contributed by atoms with Gasteiger partial charge in [-0.15, -0.1) is 0 Å². The van der Waals surface area contributed by atoms with Gasteiger partial charge in [0.25, 0.3) is 0 Å². The SMILES string of the molecule is CN(CC(=O)NC1CC1)C(=O)CN1CCCC1CN. The number of amides is 2. The molecule has 0 aromatic carbocycles. The summed E-state index contributed by atoms with van der Waals surface area (Å²) in [7, 11) is 1.68. The largest absolute Gasteiger partial charge is 0.352 e. The molecular weight excluding hydrogens is 244 g/mol. The highest BCUT2D eigenvalue weighted by Crippen LogP contribution is 2.18. The number of rotatable bonds is 6. The van der Waals surface area contributed by atoms with Gasteiger partial charge in [0.2, 0.25) is 11.8 Å². The minimum atomic E-state index is -0.0600. The predicted octanol–water partition coefficient (Wildman–Crippen LogP) is -0.853. The van der Waals surface area contributed by atoms with Crippen molar-refractivity contribution >= 4 is 11.8 Å². The van der Waals surface area contributed by atoms with Crippen LogP contribution in [-0.2, 0) is 9.59 Å². The van der Waals surface area contributed by atoms with Crippen LogP contribution in [0.3, 0.4) is 0 Å². The molecule has 0 aromatic heterocycles. The van der Waals surface area contributed by atoms with Crippen molar-refractivity contribution in [3.05, 3.63) is 0 Å². The van der Waals surface area contributed by atoms with Crippen LogP contribution in [0.5, 0.6) is 0 Å². The highest BCUT2D eigenvalue weighted by Gasteiger charge is 2.27. The molecule has 0 aromatic rings. The van der Waals surface area contributed by atoms with Crippen LogP contribution < -0.4 is 11.1 Å². The Balaban J connectivity index is 1.73. The third-order valence-corrected chi connectivity index (χ3v) is 3.86. The molecular formula is C13H24N4O2. The van der Waals surface area contributed by atoms with E-state index in [0.717, 1.165) is 32.2 Å². The number of hydrogen-bond donors (Lipinski definition) is 2. The zero-order valence-corrected chi connectivity index (χ0v) is 11.6. The summed E-state index contributed by atoms with van der Waals surface area (Å²) in [5.74, 6) is -0.0681. The number of nitrogens with zero attached hydrogens (tertiary/aromatic N) is 2. The van der Waals surface area contributed by atoms with Gasteiger partial charge in [-0.3, -0.25) is 14.5 Å². The first kappa shape index (κ1) is 14.3. The van der Waals surface area contributed by atoms with Crippen molar-refractivity contribution in [2.75, 3.05) is 33.2 Å². The van der Waals surface area contributed by atoms with Crippen molar-refractivity contribution < 1.29 is 9.59 Å². The standard InChI is InChI=1S/C13H24N4O2/c1-16(8-12(18)15-10-4-5-10)13(19)9-17-6-2-3-11(17)7-14/h10-11H,2-9,14H2,1H3,(H,15,18). The Labute approximate surface area is 114 Å². The first-order valence-corrected chi connectivity index (χ1v) is 7.07. The minimum absolute atomic E-state index is 0.00806. The highest BCUT2D eigenvalue weighted by atomic mass is 16.2. The Hall–Kier alpha value is -1.14. The second-order valence-corrected chi connectivity index (χ2v) is 5.59. The lowest BCUT2D eigenvalue weighted by atomic mass is 10.2. The van der Waals surface area contributed by atoms with E-state index in [1.54, 1.807) is 7.05 Å². The number of likely N-dealkylation sites (tertiary alicyclic amines) is 1. The van der Waals surface area contributed by atoms with Crippen molar-refractivity contribution in [3.63, 3.8) is 0 Å². The van der Waals surface area contributed by atoms with Crippen LogP contribution in [0, 0.1) is 0 Å². The molecule has 1 saturated carbocycles. The van der Waals surface area contributed by atoms with Crippen molar-refractivity contribution in [2.45, 2.75) is 37.8 Å². The number of hydrogen-bond acceptors (Lipinski definition) is 4. The molecule has 1 saturated heterocycles. The summed E-state index contributed by atoms with van der Waals surface area (Å²) in [5.41, 5.74) is 5.69. The Bertz CT molecular complexity index is 344. The molecule has 0 spiro atoms. The van der Waals surface area contributed by atoms with Gasteiger partial charge >= 0.3 is 0 Å². The summed E-state index contributed by atoms with van der Waals surface area (Å²) >= 11 is 0. The molecule has 1 aliphatic carbocycles. The second-order valence-electron chi connectivity index (χ2n) is 5.59. The molecule has 2 rings (SSSR count). The summed E-state index contributed by atoms with van der Waals surface area (Å²) in [6, 6.07) is 0.661. The Kier molecular flexibility index (Phi) is 4.76. The number of carbonyl (C=O) groups is 2. The molecule has 6 nitrogen and oxygen atoms in total. The summed E-state index contributed by atoms with van der Waals surface area (Å²) in [6.45, 7) is 2.04. The maximum atomic E-state index is 12.1. The lowest BCUT2D eigenvalue weighted by Gasteiger charge is -2.25. The van der Waals surface area contributed by atoms with E-state index in [0.29, 0.717) is 25.2 Å². The molecule has 2 amide bonds. The molecule has 1 atom stereocenters. The number of carbonyl (C=O) groups excluding carboxylic acids is 2. The first-order valence-electron chi connectivity index (χ1n) is 7.07. The lowest BCUT2D eigenvalue weighted by Crippen LogP contribution is -2.46. The molecule has 6 heteroatoms. The molecule has 1 aliphatic heterocycles. The van der Waals surface area contributed by atoms with E-state index in [1.807, 2.05) is 0 Å². The average molecular weight is 268 g/mol. The van der Waals surface area contributed by atoms with Gasteiger partial charge < -0.3 is 16.0 Å². The van der Waals surface area contributed by atoms with Crippen molar-refractivity contribution in [3.8, 4) is 0 Å². The van der Waals surface area contributed by atoms with Crippen LogP contribution in [0.4, 0.5) is 0 Å². The normalized spacial score (nSPS) is 23.4. The molecule has 108 valence electrons. The van der Waals surface area contributed by atoms with Gasteiger partial charge in [0.1, 0.15) is 0 Å². The molecule has 2 aliphatic rings. The number of nitrogens with one attached hydrogen (secondary N) is 1. The van der Waals surface area contributed by atoms with Gasteiger partial charge in [-0.25, -0.2) is 0 Å². The topological polar surface area (TPSA) is 78.7 Å². The lowest BCUT2D eigenvalue weighted by molar-refractivity contribution is -0.135. The Morgan fingerprint density at radius 1 is 1.37 bits per heavy atom. The third-order valence-electron chi connectivity index (χ3n) is 3.86. The minimum Gasteiger partial charge on any atom is -0.352 e. The van der Waals surface area contributed by atoms with Crippen molar-refractivity contribution in [1.29, 1.82) is 0 Å². The van der Waals surface area contributed by atoms with E-state index in [1.165, 1.54) is 4.90 Å². The molecule has 0 radical (unpaired) electrons. The van der Waals surface area contributed by atoms with Gasteiger partial charge in [0.15, 0.2) is 0 Å². The van der Waals surface area contributed by atoms with E-state index < -0.39 is 0 Å². The van der Waals surface area contributed by atoms with Gasteiger partial charge in [-0.2, -0.15) is 0 Å². The average Bonchev–Trinajstić information content (AvgIpc) is 3.06. The molecule has 1 unspecified atom stereocenters. The summed E-state index contributed by atoms with van der Waals surface area (Å²) in [4.78, 5) is 27.3. The van der Waals surface area contributed by atoms with Crippen LogP contribution in [0.2, 0.25) is 0 Å². The molecule has 3 N–H and O–H groups in total. The number of nitrogens with two attached hydrogens (primary N) is 1. The van der Waals surface area contributed by atoms with E-state index in [2.05, 4.69) is 10.2 Å². The number of likely N-dealkylation sites (N-methyl/N-ethyl adjacent to an activating group) is 1. The van der Waals surface area contributed by atoms with E-state index in [-0.39, 0.29) is 18.4 Å². The monoisotopic (exact) mass is 268 g/mol. The van der Waals surface area contributed by atoms with Crippen molar-refractivity contribution in [1.82, 2.24) is 15.1 Å². The van der Waals surface area contributed by atoms with Crippen LogP contribution in [0.25, 0.3) is 0 Å². The maximum Gasteiger partial charge on any atom is 0.239 e. The van der Waals surface area contributed by atoms with Gasteiger partial charge in [0, 0.05) is 25.7 Å². The summed E-state index contributed by atoms with van der Waals surface area (Å²) in [6.07, 6.45) is 4.29. The predicted molar refractivity (Wildman–Crippen MR) is 72.5 cm³/mol. The molecule has 1 heterocycles. The Morgan fingerprint density at radius 3 is 2.74 bits per heavy atom. The zero-order valence-electron chi connectivity index (χ0n) is 11.6. The fraction of sp³-hybridized carbons (Fsp3) is 0.846. The van der Waals surface area contributed by atoms with Crippen LogP contribution >= 0.6 is 0 Å². The fourth-order valence-electron chi connectivity index (χ4n) is 2.47.